The number of fused-ring (bicyclic) bond motifs is 3. The number of nitrogens with one attached hydrogen (secondary N) is 1. The summed E-state index contributed by atoms with van der Waals surface area (Å²) in [6.45, 7) is 3.74. The number of hydrogen-bond donors (Lipinski definition) is 3. The minimum Gasteiger partial charge on any atom is -0.486 e. The Balaban J connectivity index is 1.76. The lowest BCUT2D eigenvalue weighted by Crippen LogP contribution is -2.59. The third-order valence-corrected chi connectivity index (χ3v) is 7.16. The van der Waals surface area contributed by atoms with E-state index in [1.165, 1.54) is 0 Å². The quantitative estimate of drug-likeness (QED) is 0.572. The van der Waals surface area contributed by atoms with Crippen molar-refractivity contribution >= 4 is 11.8 Å². The van der Waals surface area contributed by atoms with Crippen LogP contribution in [0.3, 0.4) is 0 Å². The third kappa shape index (κ3) is 4.66. The van der Waals surface area contributed by atoms with E-state index < -0.39 is 24.2 Å². The molecule has 0 spiro atoms. The number of nitrogens with zero attached hydrogens (tertiary/aromatic N) is 1. The number of benzene rings is 1. The van der Waals surface area contributed by atoms with Gasteiger partial charge in [0, 0.05) is 29.6 Å². The van der Waals surface area contributed by atoms with Gasteiger partial charge in [0.1, 0.15) is 18.0 Å². The SMILES string of the molecule is CC(C)C(=O)N(C1CCCCCC1)[C@@H]1C=C(C(=O)NCCO)[C@@H]2c3ccccc3O[C@@H]2[C@H]1O. The van der Waals surface area contributed by atoms with E-state index in [0.29, 0.717) is 11.3 Å². The molecule has 1 saturated carbocycles. The molecular formula is C26H36N2O5. The van der Waals surface area contributed by atoms with E-state index >= 15 is 0 Å². The van der Waals surface area contributed by atoms with Gasteiger partial charge < -0.3 is 25.2 Å². The summed E-state index contributed by atoms with van der Waals surface area (Å²) in [6.07, 6.45) is 6.39. The Morgan fingerprint density at radius 3 is 2.52 bits per heavy atom. The second-order valence-electron chi connectivity index (χ2n) is 9.73. The van der Waals surface area contributed by atoms with Crippen LogP contribution in [0.5, 0.6) is 5.75 Å². The van der Waals surface area contributed by atoms with Gasteiger partial charge in [-0.2, -0.15) is 0 Å². The maximum absolute atomic E-state index is 13.5. The molecule has 1 aliphatic heterocycles. The van der Waals surface area contributed by atoms with Crippen LogP contribution in [-0.2, 0) is 9.59 Å². The molecular weight excluding hydrogens is 420 g/mol. The van der Waals surface area contributed by atoms with E-state index in [0.717, 1.165) is 44.1 Å². The van der Waals surface area contributed by atoms with Gasteiger partial charge in [0.15, 0.2) is 0 Å². The van der Waals surface area contributed by atoms with Crippen molar-refractivity contribution in [3.63, 3.8) is 0 Å². The highest BCUT2D eigenvalue weighted by molar-refractivity contribution is 5.96. The van der Waals surface area contributed by atoms with Crippen molar-refractivity contribution < 1.29 is 24.5 Å². The second kappa shape index (κ2) is 10.3. The van der Waals surface area contributed by atoms with Crippen molar-refractivity contribution in [2.24, 2.45) is 5.92 Å². The number of amides is 2. The van der Waals surface area contributed by atoms with Crippen molar-refractivity contribution in [1.29, 1.82) is 0 Å². The predicted molar refractivity (Wildman–Crippen MR) is 125 cm³/mol. The molecule has 2 aliphatic carbocycles. The highest BCUT2D eigenvalue weighted by Gasteiger charge is 2.51. The number of aliphatic hydroxyl groups is 2. The Hall–Kier alpha value is -2.38. The van der Waals surface area contributed by atoms with Gasteiger partial charge in [0.05, 0.1) is 18.6 Å². The first-order valence-corrected chi connectivity index (χ1v) is 12.3. The van der Waals surface area contributed by atoms with Crippen molar-refractivity contribution in [3.05, 3.63) is 41.5 Å². The highest BCUT2D eigenvalue weighted by Crippen LogP contribution is 2.47. The molecule has 7 heteroatoms. The highest BCUT2D eigenvalue weighted by atomic mass is 16.5. The summed E-state index contributed by atoms with van der Waals surface area (Å²) in [5, 5.41) is 23.5. The second-order valence-corrected chi connectivity index (χ2v) is 9.73. The summed E-state index contributed by atoms with van der Waals surface area (Å²) in [7, 11) is 0. The Labute approximate surface area is 195 Å². The summed E-state index contributed by atoms with van der Waals surface area (Å²) < 4.78 is 6.18. The number of aliphatic hydroxyl groups excluding tert-OH is 2. The topological polar surface area (TPSA) is 99.1 Å². The predicted octanol–water partition coefficient (Wildman–Crippen LogP) is 2.52. The summed E-state index contributed by atoms with van der Waals surface area (Å²) in [6, 6.07) is 6.92. The zero-order chi connectivity index (χ0) is 23.5. The van der Waals surface area contributed by atoms with Crippen LogP contribution in [-0.4, -0.2) is 64.4 Å². The number of hydrogen-bond acceptors (Lipinski definition) is 5. The van der Waals surface area contributed by atoms with Gasteiger partial charge >= 0.3 is 0 Å². The molecule has 2 amide bonds. The lowest BCUT2D eigenvalue weighted by atomic mass is 9.77. The molecule has 1 heterocycles. The van der Waals surface area contributed by atoms with E-state index in [9.17, 15) is 19.8 Å². The Morgan fingerprint density at radius 2 is 1.85 bits per heavy atom. The Kier molecular flexibility index (Phi) is 7.39. The average molecular weight is 457 g/mol. The van der Waals surface area contributed by atoms with Crippen LogP contribution in [0.15, 0.2) is 35.9 Å². The summed E-state index contributed by atoms with van der Waals surface area (Å²) in [5.41, 5.74) is 1.35. The molecule has 1 fully saturated rings. The summed E-state index contributed by atoms with van der Waals surface area (Å²) in [4.78, 5) is 28.5. The maximum Gasteiger partial charge on any atom is 0.247 e. The van der Waals surface area contributed by atoms with Crippen molar-refractivity contribution in [2.75, 3.05) is 13.2 Å². The fraction of sp³-hybridized carbons (Fsp3) is 0.615. The molecule has 0 saturated heterocycles. The molecule has 0 bridgehead atoms. The van der Waals surface area contributed by atoms with Crippen molar-refractivity contribution in [1.82, 2.24) is 10.2 Å². The van der Waals surface area contributed by atoms with Gasteiger partial charge in [-0.1, -0.05) is 57.7 Å². The third-order valence-electron chi connectivity index (χ3n) is 7.16. The van der Waals surface area contributed by atoms with Gasteiger partial charge in [0.2, 0.25) is 11.8 Å². The van der Waals surface area contributed by atoms with Gasteiger partial charge in [-0.15, -0.1) is 0 Å². The fourth-order valence-electron chi connectivity index (χ4n) is 5.57. The normalized spacial score (nSPS) is 27.1. The first-order chi connectivity index (χ1) is 15.9. The molecule has 4 atom stereocenters. The van der Waals surface area contributed by atoms with E-state index in [2.05, 4.69) is 5.32 Å². The van der Waals surface area contributed by atoms with E-state index in [-0.39, 0.29) is 36.9 Å². The fourth-order valence-corrected chi connectivity index (χ4v) is 5.57. The van der Waals surface area contributed by atoms with Crippen molar-refractivity contribution in [2.45, 2.75) is 82.6 Å². The van der Waals surface area contributed by atoms with Crippen LogP contribution >= 0.6 is 0 Å². The number of carbonyl (C=O) groups excluding carboxylic acids is 2. The van der Waals surface area contributed by atoms with Gasteiger partial charge in [0.25, 0.3) is 0 Å². The summed E-state index contributed by atoms with van der Waals surface area (Å²) >= 11 is 0. The average Bonchev–Trinajstić information content (AvgIpc) is 3.00. The lowest BCUT2D eigenvalue weighted by Gasteiger charge is -2.44. The molecule has 180 valence electrons. The van der Waals surface area contributed by atoms with Crippen LogP contribution < -0.4 is 10.1 Å². The lowest BCUT2D eigenvalue weighted by molar-refractivity contribution is -0.144. The molecule has 3 aliphatic rings. The van der Waals surface area contributed by atoms with E-state index in [1.54, 1.807) is 6.08 Å². The number of para-hydroxylation sites is 1. The van der Waals surface area contributed by atoms with Crippen LogP contribution in [0.4, 0.5) is 0 Å². The van der Waals surface area contributed by atoms with Gasteiger partial charge in [-0.3, -0.25) is 9.59 Å². The maximum atomic E-state index is 13.5. The number of carbonyl (C=O) groups is 2. The first kappa shape index (κ1) is 23.8. The molecule has 1 aromatic carbocycles. The number of rotatable bonds is 6. The van der Waals surface area contributed by atoms with Gasteiger partial charge in [-0.25, -0.2) is 0 Å². The smallest absolute Gasteiger partial charge is 0.247 e. The van der Waals surface area contributed by atoms with Crippen LogP contribution in [0.2, 0.25) is 0 Å². The minimum absolute atomic E-state index is 0.00808. The van der Waals surface area contributed by atoms with Crippen molar-refractivity contribution in [3.8, 4) is 5.75 Å². The molecule has 1 aromatic rings. The summed E-state index contributed by atoms with van der Waals surface area (Å²) in [5.74, 6) is -0.291. The number of ether oxygens (including phenoxy) is 1. The molecule has 33 heavy (non-hydrogen) atoms. The van der Waals surface area contributed by atoms with E-state index in [1.807, 2.05) is 43.0 Å². The zero-order valence-corrected chi connectivity index (χ0v) is 19.6. The van der Waals surface area contributed by atoms with Gasteiger partial charge in [-0.05, 0) is 25.0 Å². The minimum atomic E-state index is -0.956. The molecule has 7 nitrogen and oxygen atoms in total. The zero-order valence-electron chi connectivity index (χ0n) is 19.6. The Morgan fingerprint density at radius 1 is 1.15 bits per heavy atom. The van der Waals surface area contributed by atoms with Crippen LogP contribution in [0.1, 0.15) is 63.9 Å². The van der Waals surface area contributed by atoms with Crippen LogP contribution in [0, 0.1) is 5.92 Å². The van der Waals surface area contributed by atoms with Crippen LogP contribution in [0.25, 0.3) is 0 Å². The molecule has 0 aromatic heterocycles. The Bertz CT molecular complexity index is 890. The molecule has 4 rings (SSSR count). The standard InChI is InChI=1S/C26H36N2O5/c1-16(2)26(32)28(17-9-5-3-4-6-10-17)20-15-19(25(31)27-13-14-29)22-18-11-7-8-12-21(18)33-24(22)23(20)30/h7-8,11-12,15-17,20,22-24,29-30H,3-6,9-10,13-14H2,1-2H3,(H,27,31)/t20-,22+,23+,24+/m1/s1. The molecule has 3 N–H and O–H groups in total. The first-order valence-electron chi connectivity index (χ1n) is 12.3. The largest absolute Gasteiger partial charge is 0.486 e. The van der Waals surface area contributed by atoms with E-state index in [4.69, 9.17) is 4.74 Å². The monoisotopic (exact) mass is 456 g/mol. The molecule has 0 unspecified atom stereocenters. The molecule has 0 radical (unpaired) electrons.